The largest absolute Gasteiger partial charge is 0.462 e. The maximum atomic E-state index is 13.0. The molecule has 9 atom stereocenters. The molecule has 5 aliphatic carbocycles. The molecule has 0 radical (unpaired) electrons. The Kier molecular flexibility index (Phi) is 5.48. The molecule has 5 rings (SSSR count). The van der Waals surface area contributed by atoms with Crippen molar-refractivity contribution >= 4 is 11.9 Å². The van der Waals surface area contributed by atoms with Gasteiger partial charge >= 0.3 is 11.9 Å². The Morgan fingerprint density at radius 3 is 2.67 bits per heavy atom. The van der Waals surface area contributed by atoms with Gasteiger partial charge in [0.2, 0.25) is 0 Å². The summed E-state index contributed by atoms with van der Waals surface area (Å²) in [6.45, 7) is 3.63. The molecule has 9 unspecified atom stereocenters. The van der Waals surface area contributed by atoms with Gasteiger partial charge in [0.15, 0.2) is 0 Å². The zero-order valence-corrected chi connectivity index (χ0v) is 18.7. The van der Waals surface area contributed by atoms with E-state index in [9.17, 15) is 9.59 Å². The van der Waals surface area contributed by atoms with Gasteiger partial charge in [-0.2, -0.15) is 0 Å². The summed E-state index contributed by atoms with van der Waals surface area (Å²) in [5.74, 6) is 4.64. The van der Waals surface area contributed by atoms with Crippen molar-refractivity contribution in [2.75, 3.05) is 0 Å². The van der Waals surface area contributed by atoms with Crippen molar-refractivity contribution in [2.45, 2.75) is 96.2 Å². The summed E-state index contributed by atoms with van der Waals surface area (Å²) in [5, 5.41) is 0. The Balaban J connectivity index is 1.19. The van der Waals surface area contributed by atoms with E-state index in [0.717, 1.165) is 49.4 Å². The highest BCUT2D eigenvalue weighted by Gasteiger charge is 2.62. The Bertz CT molecular complexity index is 714. The second-order valence-corrected chi connectivity index (χ2v) is 11.0. The zero-order valence-electron chi connectivity index (χ0n) is 18.7. The van der Waals surface area contributed by atoms with Crippen molar-refractivity contribution in [3.05, 3.63) is 12.2 Å². The van der Waals surface area contributed by atoms with Crippen LogP contribution in [0.2, 0.25) is 0 Å². The number of fused-ring (bicyclic) bond motifs is 7. The van der Waals surface area contributed by atoms with Crippen LogP contribution in [0.1, 0.15) is 84.5 Å². The van der Waals surface area contributed by atoms with E-state index in [1.807, 2.05) is 0 Å². The molecule has 4 nitrogen and oxygen atoms in total. The van der Waals surface area contributed by atoms with Crippen LogP contribution < -0.4 is 0 Å². The summed E-state index contributed by atoms with van der Waals surface area (Å²) in [7, 11) is 0. The van der Waals surface area contributed by atoms with Crippen molar-refractivity contribution in [3.8, 4) is 0 Å². The number of carbonyl (C=O) groups excluding carboxylic acids is 2. The minimum Gasteiger partial charge on any atom is -0.462 e. The van der Waals surface area contributed by atoms with Gasteiger partial charge in [-0.3, -0.25) is 9.59 Å². The predicted molar refractivity (Wildman–Crippen MR) is 114 cm³/mol. The molecule has 0 heterocycles. The van der Waals surface area contributed by atoms with Gasteiger partial charge in [-0.25, -0.2) is 0 Å². The lowest BCUT2D eigenvalue weighted by Gasteiger charge is -2.42. The summed E-state index contributed by atoms with van der Waals surface area (Å²) in [5.41, 5.74) is -0.260. The molecule has 0 N–H and O–H groups in total. The van der Waals surface area contributed by atoms with Crippen LogP contribution in [0.4, 0.5) is 0 Å². The molecule has 30 heavy (non-hydrogen) atoms. The van der Waals surface area contributed by atoms with E-state index in [0.29, 0.717) is 17.8 Å². The fourth-order valence-electron chi connectivity index (χ4n) is 8.33. The average Bonchev–Trinajstić information content (AvgIpc) is 3.50. The molecule has 4 bridgehead atoms. The Hall–Kier alpha value is -1.32. The van der Waals surface area contributed by atoms with Crippen molar-refractivity contribution < 1.29 is 19.1 Å². The number of carbonyl (C=O) groups is 2. The van der Waals surface area contributed by atoms with Crippen molar-refractivity contribution in [1.82, 2.24) is 0 Å². The lowest BCUT2D eigenvalue weighted by molar-refractivity contribution is -0.174. The average molecular weight is 415 g/mol. The number of hydrogen-bond acceptors (Lipinski definition) is 4. The second kappa shape index (κ2) is 7.98. The molecule has 4 heteroatoms. The van der Waals surface area contributed by atoms with E-state index in [1.165, 1.54) is 45.4 Å². The number of ether oxygens (including phenoxy) is 2. The molecular weight excluding hydrogens is 376 g/mol. The van der Waals surface area contributed by atoms with Crippen LogP contribution in [0.5, 0.6) is 0 Å². The second-order valence-electron chi connectivity index (χ2n) is 11.0. The Morgan fingerprint density at radius 1 is 1.13 bits per heavy atom. The number of hydrogen-bond donors (Lipinski definition) is 0. The molecule has 0 spiro atoms. The topological polar surface area (TPSA) is 52.6 Å². The van der Waals surface area contributed by atoms with Crippen LogP contribution in [-0.4, -0.2) is 23.6 Å². The summed E-state index contributed by atoms with van der Waals surface area (Å²) in [6.07, 6.45) is 16.2. The lowest BCUT2D eigenvalue weighted by atomic mass is 9.71. The van der Waals surface area contributed by atoms with Crippen molar-refractivity contribution in [1.29, 1.82) is 0 Å². The highest BCUT2D eigenvalue weighted by molar-refractivity contribution is 5.72. The number of rotatable bonds is 8. The predicted octanol–water partition coefficient (Wildman–Crippen LogP) is 5.45. The first-order chi connectivity index (χ1) is 14.5. The van der Waals surface area contributed by atoms with E-state index in [1.54, 1.807) is 0 Å². The van der Waals surface area contributed by atoms with Crippen LogP contribution in [0.15, 0.2) is 12.2 Å². The highest BCUT2D eigenvalue weighted by atomic mass is 16.6. The molecule has 0 aromatic heterocycles. The number of allylic oxidation sites excluding steroid dienone is 2. The smallest absolute Gasteiger partial charge is 0.310 e. The summed E-state index contributed by atoms with van der Waals surface area (Å²) >= 11 is 0. The molecule has 0 aliphatic heterocycles. The van der Waals surface area contributed by atoms with Gasteiger partial charge in [0.05, 0.1) is 6.42 Å². The molecule has 0 aromatic carbocycles. The van der Waals surface area contributed by atoms with E-state index in [4.69, 9.17) is 9.47 Å². The Labute approximate surface area is 181 Å². The normalized spacial score (nSPS) is 43.7. The molecule has 0 saturated heterocycles. The third-order valence-electron chi connectivity index (χ3n) is 9.51. The zero-order chi connectivity index (χ0) is 20.9. The fraction of sp³-hybridized carbons (Fsp3) is 0.846. The molecule has 0 aromatic rings. The standard InChI is InChI=1S/C26H38O4/c1-3-26(15-20-13-24(26)23-6-4-5-22(20)23)30-25(28)14-21(29-16(2)27)10-9-19-12-17-7-8-18(19)11-17/h7-8,17-24H,3-6,9-15H2,1-2H3. The molecular formula is C26H38O4. The van der Waals surface area contributed by atoms with E-state index >= 15 is 0 Å². The third-order valence-corrected chi connectivity index (χ3v) is 9.51. The third kappa shape index (κ3) is 3.62. The molecule has 5 aliphatic rings. The van der Waals surface area contributed by atoms with Crippen LogP contribution in [-0.2, 0) is 19.1 Å². The van der Waals surface area contributed by atoms with E-state index in [-0.39, 0.29) is 30.1 Å². The highest BCUT2D eigenvalue weighted by Crippen LogP contribution is 2.64. The summed E-state index contributed by atoms with van der Waals surface area (Å²) in [6, 6.07) is 0. The van der Waals surface area contributed by atoms with Gasteiger partial charge in [-0.15, -0.1) is 0 Å². The first-order valence-corrected chi connectivity index (χ1v) is 12.5. The van der Waals surface area contributed by atoms with Crippen molar-refractivity contribution in [2.24, 2.45) is 41.4 Å². The molecule has 4 saturated carbocycles. The van der Waals surface area contributed by atoms with Crippen LogP contribution in [0, 0.1) is 41.4 Å². The molecule has 0 amide bonds. The van der Waals surface area contributed by atoms with Crippen molar-refractivity contribution in [3.63, 3.8) is 0 Å². The van der Waals surface area contributed by atoms with Gasteiger partial charge in [-0.1, -0.05) is 25.5 Å². The van der Waals surface area contributed by atoms with Crippen LogP contribution in [0.3, 0.4) is 0 Å². The van der Waals surface area contributed by atoms with Gasteiger partial charge in [0.1, 0.15) is 11.7 Å². The first kappa shape index (κ1) is 20.6. The van der Waals surface area contributed by atoms with Gasteiger partial charge in [0.25, 0.3) is 0 Å². The fourth-order valence-corrected chi connectivity index (χ4v) is 8.33. The lowest BCUT2D eigenvalue weighted by Crippen LogP contribution is -2.45. The van der Waals surface area contributed by atoms with E-state index in [2.05, 4.69) is 19.1 Å². The number of esters is 2. The minimum atomic E-state index is -0.343. The SMILES string of the molecule is CCC1(OC(=O)CC(CCC2CC3C=CC2C3)OC(C)=O)CC2CC1C1CCCC21. The Morgan fingerprint density at radius 2 is 1.97 bits per heavy atom. The monoisotopic (exact) mass is 414 g/mol. The van der Waals surface area contributed by atoms with Crippen LogP contribution in [0.25, 0.3) is 0 Å². The minimum absolute atomic E-state index is 0.155. The molecule has 4 fully saturated rings. The van der Waals surface area contributed by atoms with Gasteiger partial charge < -0.3 is 9.47 Å². The maximum Gasteiger partial charge on any atom is 0.310 e. The quantitative estimate of drug-likeness (QED) is 0.391. The molecule has 166 valence electrons. The summed E-state index contributed by atoms with van der Waals surface area (Å²) < 4.78 is 11.8. The summed E-state index contributed by atoms with van der Waals surface area (Å²) in [4.78, 5) is 24.7. The first-order valence-electron chi connectivity index (χ1n) is 12.5. The van der Waals surface area contributed by atoms with E-state index < -0.39 is 0 Å². The van der Waals surface area contributed by atoms with Gasteiger partial charge in [0, 0.05) is 12.8 Å². The maximum absolute atomic E-state index is 13.0. The van der Waals surface area contributed by atoms with Gasteiger partial charge in [-0.05, 0) is 93.3 Å². The van der Waals surface area contributed by atoms with Crippen LogP contribution >= 0.6 is 0 Å².